The Morgan fingerprint density at radius 1 is 1.60 bits per heavy atom. The van der Waals surface area contributed by atoms with E-state index in [1.807, 2.05) is 0 Å². The third-order valence-corrected chi connectivity index (χ3v) is 2.02. The average molecular weight is 138 g/mol. The Kier molecular flexibility index (Phi) is 1.07. The molecule has 2 aliphatic rings. The molecule has 0 saturated heterocycles. The van der Waals surface area contributed by atoms with E-state index in [1.54, 1.807) is 7.05 Å². The largest absolute Gasteiger partial charge is 0.273 e. The van der Waals surface area contributed by atoms with Gasteiger partial charge in [-0.05, 0) is 18.8 Å². The summed E-state index contributed by atoms with van der Waals surface area (Å²) in [7, 11) is 1.72. The molecule has 2 rings (SSSR count). The molecule has 1 saturated carbocycles. The van der Waals surface area contributed by atoms with E-state index in [9.17, 15) is 4.79 Å². The van der Waals surface area contributed by atoms with Crippen molar-refractivity contribution in [2.45, 2.75) is 19.3 Å². The standard InChI is InChI=1S/C7H10N2O/c1-9-7(10)4-6(8-9)5-2-3-5/h5H,2-4H2,1H3. The van der Waals surface area contributed by atoms with Gasteiger partial charge in [-0.2, -0.15) is 5.10 Å². The molecule has 54 valence electrons. The van der Waals surface area contributed by atoms with Crippen LogP contribution in [-0.2, 0) is 4.79 Å². The molecule has 1 fully saturated rings. The van der Waals surface area contributed by atoms with E-state index in [-0.39, 0.29) is 5.91 Å². The van der Waals surface area contributed by atoms with Gasteiger partial charge in [-0.15, -0.1) is 0 Å². The molecule has 0 aromatic heterocycles. The molecule has 0 aromatic rings. The van der Waals surface area contributed by atoms with Crippen LogP contribution in [-0.4, -0.2) is 23.7 Å². The van der Waals surface area contributed by atoms with Gasteiger partial charge in [-0.1, -0.05) is 0 Å². The molecule has 3 nitrogen and oxygen atoms in total. The second kappa shape index (κ2) is 1.81. The van der Waals surface area contributed by atoms with E-state index in [0.717, 1.165) is 5.71 Å². The van der Waals surface area contributed by atoms with Crippen LogP contribution in [0.1, 0.15) is 19.3 Å². The van der Waals surface area contributed by atoms with Crippen LogP contribution in [0.15, 0.2) is 5.10 Å². The number of hydrazone groups is 1. The lowest BCUT2D eigenvalue weighted by Crippen LogP contribution is -2.14. The van der Waals surface area contributed by atoms with E-state index >= 15 is 0 Å². The van der Waals surface area contributed by atoms with Crippen molar-refractivity contribution >= 4 is 11.6 Å². The molecule has 1 heterocycles. The fourth-order valence-electron chi connectivity index (χ4n) is 1.20. The molecule has 0 radical (unpaired) electrons. The first-order chi connectivity index (χ1) is 4.77. The van der Waals surface area contributed by atoms with E-state index in [0.29, 0.717) is 12.3 Å². The van der Waals surface area contributed by atoms with Crippen molar-refractivity contribution in [3.63, 3.8) is 0 Å². The van der Waals surface area contributed by atoms with Crippen molar-refractivity contribution in [1.29, 1.82) is 0 Å². The first-order valence-corrected chi connectivity index (χ1v) is 3.61. The van der Waals surface area contributed by atoms with E-state index in [4.69, 9.17) is 0 Å². The predicted octanol–water partition coefficient (Wildman–Crippen LogP) is 0.615. The monoisotopic (exact) mass is 138 g/mol. The summed E-state index contributed by atoms with van der Waals surface area (Å²) in [5.41, 5.74) is 1.10. The fourth-order valence-corrected chi connectivity index (χ4v) is 1.20. The summed E-state index contributed by atoms with van der Waals surface area (Å²) in [6.45, 7) is 0. The van der Waals surface area contributed by atoms with E-state index < -0.39 is 0 Å². The maximum Gasteiger partial charge on any atom is 0.248 e. The van der Waals surface area contributed by atoms with Crippen LogP contribution in [0.25, 0.3) is 0 Å². The maximum atomic E-state index is 10.9. The summed E-state index contributed by atoms with van der Waals surface area (Å²) in [6, 6.07) is 0. The minimum atomic E-state index is 0.141. The molecule has 10 heavy (non-hydrogen) atoms. The summed E-state index contributed by atoms with van der Waals surface area (Å²) >= 11 is 0. The molecule has 1 aliphatic heterocycles. The van der Waals surface area contributed by atoms with Crippen LogP contribution in [0.4, 0.5) is 0 Å². The van der Waals surface area contributed by atoms with Crippen LogP contribution in [0, 0.1) is 5.92 Å². The van der Waals surface area contributed by atoms with Crippen molar-refractivity contribution < 1.29 is 4.79 Å². The highest BCUT2D eigenvalue weighted by Crippen LogP contribution is 2.33. The molecule has 1 aliphatic carbocycles. The Hall–Kier alpha value is -0.860. The van der Waals surface area contributed by atoms with E-state index in [2.05, 4.69) is 5.10 Å². The Labute approximate surface area is 59.7 Å². The third kappa shape index (κ3) is 0.818. The molecule has 0 atom stereocenters. The molecular formula is C7H10N2O. The molecule has 0 bridgehead atoms. The summed E-state index contributed by atoms with van der Waals surface area (Å²) < 4.78 is 0. The van der Waals surface area contributed by atoms with Gasteiger partial charge in [0.2, 0.25) is 5.91 Å². The summed E-state index contributed by atoms with van der Waals surface area (Å²) in [4.78, 5) is 10.9. The molecule has 0 unspecified atom stereocenters. The van der Waals surface area contributed by atoms with Gasteiger partial charge in [-0.25, -0.2) is 5.01 Å². The second-order valence-corrected chi connectivity index (χ2v) is 2.96. The van der Waals surface area contributed by atoms with Gasteiger partial charge in [0, 0.05) is 7.05 Å². The fraction of sp³-hybridized carbons (Fsp3) is 0.714. The zero-order valence-electron chi connectivity index (χ0n) is 6.00. The van der Waals surface area contributed by atoms with Crippen LogP contribution in [0.5, 0.6) is 0 Å². The van der Waals surface area contributed by atoms with Gasteiger partial charge >= 0.3 is 0 Å². The van der Waals surface area contributed by atoms with Crippen molar-refractivity contribution in [3.8, 4) is 0 Å². The maximum absolute atomic E-state index is 10.9. The van der Waals surface area contributed by atoms with Gasteiger partial charge in [0.15, 0.2) is 0 Å². The van der Waals surface area contributed by atoms with Crippen LogP contribution < -0.4 is 0 Å². The highest BCUT2D eigenvalue weighted by molar-refractivity contribution is 6.06. The normalized spacial score (nSPS) is 25.5. The Morgan fingerprint density at radius 3 is 2.70 bits per heavy atom. The molecule has 3 heteroatoms. The number of carbonyl (C=O) groups is 1. The zero-order valence-corrected chi connectivity index (χ0v) is 6.00. The lowest BCUT2D eigenvalue weighted by molar-refractivity contribution is -0.127. The van der Waals surface area contributed by atoms with Crippen molar-refractivity contribution in [2.24, 2.45) is 11.0 Å². The zero-order chi connectivity index (χ0) is 7.14. The lowest BCUT2D eigenvalue weighted by atomic mass is 10.2. The van der Waals surface area contributed by atoms with Gasteiger partial charge in [-0.3, -0.25) is 4.79 Å². The van der Waals surface area contributed by atoms with E-state index in [1.165, 1.54) is 17.9 Å². The quantitative estimate of drug-likeness (QED) is 0.522. The average Bonchev–Trinajstić information content (AvgIpc) is 2.64. The lowest BCUT2D eigenvalue weighted by Gasteiger charge is -1.98. The number of carbonyl (C=O) groups excluding carboxylic acids is 1. The smallest absolute Gasteiger partial charge is 0.248 e. The number of nitrogens with zero attached hydrogens (tertiary/aromatic N) is 2. The summed E-state index contributed by atoms with van der Waals surface area (Å²) in [5, 5.41) is 5.58. The molecule has 0 N–H and O–H groups in total. The predicted molar refractivity (Wildman–Crippen MR) is 37.5 cm³/mol. The van der Waals surface area contributed by atoms with Crippen molar-refractivity contribution in [3.05, 3.63) is 0 Å². The molecular weight excluding hydrogens is 128 g/mol. The van der Waals surface area contributed by atoms with Gasteiger partial charge < -0.3 is 0 Å². The van der Waals surface area contributed by atoms with Crippen molar-refractivity contribution in [2.75, 3.05) is 7.05 Å². The summed E-state index contributed by atoms with van der Waals surface area (Å²) in [6.07, 6.45) is 3.04. The van der Waals surface area contributed by atoms with Gasteiger partial charge in [0.25, 0.3) is 0 Å². The number of amides is 1. The number of hydrogen-bond acceptors (Lipinski definition) is 2. The SMILES string of the molecule is CN1N=C(C2CC2)CC1=O. The van der Waals surface area contributed by atoms with Gasteiger partial charge in [0.1, 0.15) is 0 Å². The molecule has 1 amide bonds. The van der Waals surface area contributed by atoms with Crippen LogP contribution in [0.3, 0.4) is 0 Å². The van der Waals surface area contributed by atoms with Crippen molar-refractivity contribution in [1.82, 2.24) is 5.01 Å². The number of rotatable bonds is 1. The first kappa shape index (κ1) is 5.89. The highest BCUT2D eigenvalue weighted by atomic mass is 16.2. The van der Waals surface area contributed by atoms with Gasteiger partial charge in [0.05, 0.1) is 12.1 Å². The van der Waals surface area contributed by atoms with Crippen LogP contribution >= 0.6 is 0 Å². The Balaban J connectivity index is 2.11. The molecule has 0 aromatic carbocycles. The Bertz CT molecular complexity index is 206. The summed E-state index contributed by atoms with van der Waals surface area (Å²) in [5.74, 6) is 0.788. The topological polar surface area (TPSA) is 32.7 Å². The first-order valence-electron chi connectivity index (χ1n) is 3.61. The second-order valence-electron chi connectivity index (χ2n) is 2.96. The third-order valence-electron chi connectivity index (χ3n) is 2.02. The minimum Gasteiger partial charge on any atom is -0.273 e. The highest BCUT2D eigenvalue weighted by Gasteiger charge is 2.33. The Morgan fingerprint density at radius 2 is 2.30 bits per heavy atom. The van der Waals surface area contributed by atoms with Crippen LogP contribution in [0.2, 0.25) is 0 Å². The minimum absolute atomic E-state index is 0.141. The molecule has 0 spiro atoms. The number of hydrogen-bond donors (Lipinski definition) is 0.